The number of Topliss-reactive ketones (excluding diaryl/α,β-unsaturated/α-hetero) is 1. The monoisotopic (exact) mass is 398 g/mol. The van der Waals surface area contributed by atoms with E-state index in [9.17, 15) is 14.4 Å². The third kappa shape index (κ3) is 11.4. The molecule has 28 heavy (non-hydrogen) atoms. The highest BCUT2D eigenvalue weighted by molar-refractivity contribution is 6.40. The summed E-state index contributed by atoms with van der Waals surface area (Å²) in [5.41, 5.74) is 0.291. The smallest absolute Gasteiger partial charge is 0.379 e. The number of carbonyl (C=O) groups excluding carboxylic acids is 3. The maximum Gasteiger partial charge on any atom is 0.379 e. The van der Waals surface area contributed by atoms with Crippen molar-refractivity contribution in [3.05, 3.63) is 35.9 Å². The molecular formula is C19H26O9. The molecule has 0 spiro atoms. The van der Waals surface area contributed by atoms with E-state index in [1.165, 1.54) is 7.11 Å². The van der Waals surface area contributed by atoms with Crippen molar-refractivity contribution < 1.29 is 42.8 Å². The Labute approximate surface area is 163 Å². The molecule has 0 aliphatic rings. The fourth-order valence-corrected chi connectivity index (χ4v) is 1.84. The van der Waals surface area contributed by atoms with E-state index in [0.29, 0.717) is 45.2 Å². The van der Waals surface area contributed by atoms with Crippen molar-refractivity contribution in [3.63, 3.8) is 0 Å². The molecule has 0 atom stereocenters. The molecule has 9 heteroatoms. The van der Waals surface area contributed by atoms with E-state index in [0.717, 1.165) is 0 Å². The number of ketones is 1. The van der Waals surface area contributed by atoms with Crippen molar-refractivity contribution in [1.29, 1.82) is 0 Å². The first-order valence-electron chi connectivity index (χ1n) is 8.79. The molecule has 0 unspecified atom stereocenters. The Morgan fingerprint density at radius 3 is 1.75 bits per heavy atom. The lowest BCUT2D eigenvalue weighted by molar-refractivity contribution is -0.146. The van der Waals surface area contributed by atoms with E-state index in [1.807, 2.05) is 0 Å². The second-order valence-corrected chi connectivity index (χ2v) is 5.30. The van der Waals surface area contributed by atoms with Crippen LogP contribution in [0.25, 0.3) is 0 Å². The molecule has 1 aromatic rings. The van der Waals surface area contributed by atoms with Crippen LogP contribution in [0.1, 0.15) is 10.4 Å². The number of carbonyl (C=O) groups is 3. The van der Waals surface area contributed by atoms with Gasteiger partial charge in [-0.3, -0.25) is 4.79 Å². The number of rotatable bonds is 16. The maximum atomic E-state index is 11.8. The maximum absolute atomic E-state index is 11.8. The van der Waals surface area contributed by atoms with Gasteiger partial charge in [-0.05, 0) is 0 Å². The SMILES string of the molecule is COC(=O)COCCOCCOCCOCCOC(=O)C(=O)c1ccccc1. The van der Waals surface area contributed by atoms with E-state index < -0.39 is 17.7 Å². The fraction of sp³-hybridized carbons (Fsp3) is 0.526. The van der Waals surface area contributed by atoms with Gasteiger partial charge in [0.1, 0.15) is 13.2 Å². The molecule has 0 aliphatic carbocycles. The molecule has 0 fully saturated rings. The molecule has 0 N–H and O–H groups in total. The van der Waals surface area contributed by atoms with Gasteiger partial charge in [0.25, 0.3) is 5.78 Å². The number of methoxy groups -OCH3 is 1. The Kier molecular flexibility index (Phi) is 13.3. The Morgan fingerprint density at radius 1 is 0.714 bits per heavy atom. The van der Waals surface area contributed by atoms with Crippen molar-refractivity contribution in [1.82, 2.24) is 0 Å². The van der Waals surface area contributed by atoms with Crippen LogP contribution in [0, 0.1) is 0 Å². The zero-order valence-corrected chi connectivity index (χ0v) is 15.9. The average molecular weight is 398 g/mol. The van der Waals surface area contributed by atoms with Gasteiger partial charge in [0, 0.05) is 5.56 Å². The highest BCUT2D eigenvalue weighted by atomic mass is 16.6. The first-order chi connectivity index (χ1) is 13.6. The predicted octanol–water partition coefficient (Wildman–Crippen LogP) is 0.652. The van der Waals surface area contributed by atoms with Gasteiger partial charge in [-0.15, -0.1) is 0 Å². The lowest BCUT2D eigenvalue weighted by Gasteiger charge is -2.07. The summed E-state index contributed by atoms with van der Waals surface area (Å²) < 4.78 is 30.1. The average Bonchev–Trinajstić information content (AvgIpc) is 2.73. The Hall–Kier alpha value is -2.33. The first kappa shape index (κ1) is 23.7. The summed E-state index contributed by atoms with van der Waals surface area (Å²) in [4.78, 5) is 34.1. The zero-order chi connectivity index (χ0) is 20.5. The molecule has 0 radical (unpaired) electrons. The molecular weight excluding hydrogens is 372 g/mol. The topological polar surface area (TPSA) is 107 Å². The summed E-state index contributed by atoms with van der Waals surface area (Å²) in [6, 6.07) is 8.21. The van der Waals surface area contributed by atoms with Crippen molar-refractivity contribution in [2.75, 3.05) is 66.6 Å². The van der Waals surface area contributed by atoms with Crippen molar-refractivity contribution in [2.45, 2.75) is 0 Å². The highest BCUT2D eigenvalue weighted by Gasteiger charge is 2.16. The molecule has 0 aliphatic heterocycles. The molecule has 0 amide bonds. The first-order valence-corrected chi connectivity index (χ1v) is 8.79. The van der Waals surface area contributed by atoms with Crippen LogP contribution in [0.5, 0.6) is 0 Å². The van der Waals surface area contributed by atoms with Crippen LogP contribution in [0.4, 0.5) is 0 Å². The molecule has 1 rings (SSSR count). The van der Waals surface area contributed by atoms with Crippen LogP contribution in [0.3, 0.4) is 0 Å². The second kappa shape index (κ2) is 15.7. The Balaban J connectivity index is 1.86. The van der Waals surface area contributed by atoms with Gasteiger partial charge in [-0.25, -0.2) is 9.59 Å². The minimum absolute atomic E-state index is 0.00785. The van der Waals surface area contributed by atoms with Crippen LogP contribution < -0.4 is 0 Å². The minimum atomic E-state index is -0.904. The number of ether oxygens (including phenoxy) is 6. The van der Waals surface area contributed by atoms with E-state index >= 15 is 0 Å². The van der Waals surface area contributed by atoms with Gasteiger partial charge >= 0.3 is 11.9 Å². The van der Waals surface area contributed by atoms with Gasteiger partial charge in [-0.2, -0.15) is 0 Å². The van der Waals surface area contributed by atoms with E-state index in [2.05, 4.69) is 4.74 Å². The van der Waals surface area contributed by atoms with Crippen LogP contribution in [0.15, 0.2) is 30.3 Å². The molecule has 0 aromatic heterocycles. The number of benzene rings is 1. The summed E-state index contributed by atoms with van der Waals surface area (Å²) in [6.45, 7) is 2.18. The highest BCUT2D eigenvalue weighted by Crippen LogP contribution is 2.01. The molecule has 0 bridgehead atoms. The van der Waals surface area contributed by atoms with Crippen LogP contribution in [0.2, 0.25) is 0 Å². The predicted molar refractivity (Wildman–Crippen MR) is 97.0 cm³/mol. The molecule has 0 saturated heterocycles. The normalized spacial score (nSPS) is 10.5. The third-order valence-corrected chi connectivity index (χ3v) is 3.25. The minimum Gasteiger partial charge on any atom is -0.467 e. The largest absolute Gasteiger partial charge is 0.467 e. The number of hydrogen-bond acceptors (Lipinski definition) is 9. The lowest BCUT2D eigenvalue weighted by Crippen LogP contribution is -2.20. The van der Waals surface area contributed by atoms with Gasteiger partial charge in [0.05, 0.1) is 53.4 Å². The molecule has 156 valence electrons. The van der Waals surface area contributed by atoms with Crippen LogP contribution in [-0.2, 0) is 38.0 Å². The second-order valence-electron chi connectivity index (χ2n) is 5.30. The van der Waals surface area contributed by atoms with Gasteiger partial charge < -0.3 is 28.4 Å². The summed E-state index contributed by atoms with van der Waals surface area (Å²) >= 11 is 0. The number of esters is 2. The summed E-state index contributed by atoms with van der Waals surface area (Å²) in [5, 5.41) is 0. The third-order valence-electron chi connectivity index (χ3n) is 3.25. The zero-order valence-electron chi connectivity index (χ0n) is 15.9. The summed E-state index contributed by atoms with van der Waals surface area (Å²) in [6.07, 6.45) is 0. The van der Waals surface area contributed by atoms with Crippen molar-refractivity contribution in [2.24, 2.45) is 0 Å². The van der Waals surface area contributed by atoms with Crippen molar-refractivity contribution in [3.8, 4) is 0 Å². The van der Waals surface area contributed by atoms with Gasteiger partial charge in [0.15, 0.2) is 0 Å². The molecule has 0 heterocycles. The molecule has 1 aromatic carbocycles. The fourth-order valence-electron chi connectivity index (χ4n) is 1.84. The van der Waals surface area contributed by atoms with Crippen LogP contribution in [-0.4, -0.2) is 84.3 Å². The van der Waals surface area contributed by atoms with E-state index in [1.54, 1.807) is 30.3 Å². The number of hydrogen-bond donors (Lipinski definition) is 0. The van der Waals surface area contributed by atoms with Crippen molar-refractivity contribution >= 4 is 17.7 Å². The van der Waals surface area contributed by atoms with E-state index in [4.69, 9.17) is 23.7 Å². The molecule has 0 saturated carbocycles. The van der Waals surface area contributed by atoms with Crippen LogP contribution >= 0.6 is 0 Å². The summed E-state index contributed by atoms with van der Waals surface area (Å²) in [5.74, 6) is -2.01. The Bertz CT molecular complexity index is 574. The lowest BCUT2D eigenvalue weighted by atomic mass is 10.1. The Morgan fingerprint density at radius 2 is 1.21 bits per heavy atom. The van der Waals surface area contributed by atoms with Gasteiger partial charge in [-0.1, -0.05) is 30.3 Å². The van der Waals surface area contributed by atoms with E-state index in [-0.39, 0.29) is 19.8 Å². The molecule has 9 nitrogen and oxygen atoms in total. The standard InChI is InChI=1S/C19H26O9/c1-23-17(20)15-27-12-11-25-8-7-24-9-10-26-13-14-28-19(22)18(21)16-5-3-2-4-6-16/h2-6H,7-15H2,1H3. The summed E-state index contributed by atoms with van der Waals surface area (Å²) in [7, 11) is 1.29. The van der Waals surface area contributed by atoms with Gasteiger partial charge in [0.2, 0.25) is 0 Å². The quantitative estimate of drug-likeness (QED) is 0.172.